The van der Waals surface area contributed by atoms with Crippen molar-refractivity contribution in [3.05, 3.63) is 22.1 Å². The number of hydrogen-bond donors (Lipinski definition) is 1. The van der Waals surface area contributed by atoms with Crippen LogP contribution in [-0.2, 0) is 0 Å². The van der Waals surface area contributed by atoms with Gasteiger partial charge in [-0.25, -0.2) is 4.98 Å². The SMILES string of the molecule is CSC1CCCC1n1c(=S)[nH]c2cc(Cl)cnc21. The van der Waals surface area contributed by atoms with Crippen LogP contribution in [0.15, 0.2) is 12.3 Å². The third kappa shape index (κ3) is 1.98. The predicted molar refractivity (Wildman–Crippen MR) is 80.1 cm³/mol. The van der Waals surface area contributed by atoms with Crippen molar-refractivity contribution in [3.8, 4) is 0 Å². The molecule has 0 radical (unpaired) electrons. The molecule has 96 valence electrons. The van der Waals surface area contributed by atoms with Crippen LogP contribution in [0.3, 0.4) is 0 Å². The molecule has 3 rings (SSSR count). The lowest BCUT2D eigenvalue weighted by molar-refractivity contribution is 0.533. The van der Waals surface area contributed by atoms with Crippen molar-refractivity contribution >= 4 is 46.7 Å². The first-order chi connectivity index (χ1) is 8.70. The zero-order valence-electron chi connectivity index (χ0n) is 10.0. The number of nitrogens with one attached hydrogen (secondary N) is 1. The molecule has 0 aliphatic heterocycles. The first kappa shape index (κ1) is 12.5. The van der Waals surface area contributed by atoms with Gasteiger partial charge in [0, 0.05) is 17.5 Å². The third-order valence-electron chi connectivity index (χ3n) is 3.57. The Morgan fingerprint density at radius 1 is 1.56 bits per heavy atom. The number of H-pyrrole nitrogens is 1. The highest BCUT2D eigenvalue weighted by Gasteiger charge is 2.29. The lowest BCUT2D eigenvalue weighted by Gasteiger charge is -2.19. The molecule has 1 aliphatic carbocycles. The van der Waals surface area contributed by atoms with Gasteiger partial charge in [-0.1, -0.05) is 18.0 Å². The summed E-state index contributed by atoms with van der Waals surface area (Å²) in [5.74, 6) is 0. The van der Waals surface area contributed by atoms with Crippen molar-refractivity contribution in [2.45, 2.75) is 30.6 Å². The van der Waals surface area contributed by atoms with Gasteiger partial charge in [-0.3, -0.25) is 4.57 Å². The molecule has 0 aromatic carbocycles. The van der Waals surface area contributed by atoms with Crippen molar-refractivity contribution in [2.75, 3.05) is 6.26 Å². The zero-order valence-corrected chi connectivity index (χ0v) is 12.4. The number of fused-ring (bicyclic) bond motifs is 1. The monoisotopic (exact) mass is 299 g/mol. The Bertz CT molecular complexity index is 634. The van der Waals surface area contributed by atoms with Crippen LogP contribution >= 0.6 is 35.6 Å². The number of halogens is 1. The molecule has 1 saturated carbocycles. The van der Waals surface area contributed by atoms with Crippen LogP contribution in [-0.4, -0.2) is 26.0 Å². The van der Waals surface area contributed by atoms with Gasteiger partial charge < -0.3 is 4.98 Å². The second-order valence-electron chi connectivity index (χ2n) is 4.60. The summed E-state index contributed by atoms with van der Waals surface area (Å²) in [5.41, 5.74) is 1.86. The van der Waals surface area contributed by atoms with Gasteiger partial charge in [0.1, 0.15) is 0 Å². The van der Waals surface area contributed by atoms with E-state index in [1.54, 1.807) is 6.20 Å². The van der Waals surface area contributed by atoms with E-state index >= 15 is 0 Å². The molecule has 1 fully saturated rings. The highest BCUT2D eigenvalue weighted by molar-refractivity contribution is 7.99. The van der Waals surface area contributed by atoms with Gasteiger partial charge >= 0.3 is 0 Å². The average molecular weight is 300 g/mol. The van der Waals surface area contributed by atoms with E-state index in [-0.39, 0.29) is 0 Å². The maximum atomic E-state index is 5.97. The highest BCUT2D eigenvalue weighted by Crippen LogP contribution is 2.39. The predicted octanol–water partition coefficient (Wildman–Crippen LogP) is 4.20. The Balaban J connectivity index is 2.16. The van der Waals surface area contributed by atoms with Gasteiger partial charge in [0.2, 0.25) is 0 Å². The summed E-state index contributed by atoms with van der Waals surface area (Å²) >= 11 is 13.3. The Hall–Kier alpha value is -0.520. The molecule has 6 heteroatoms. The minimum Gasteiger partial charge on any atom is -0.329 e. The molecule has 3 nitrogen and oxygen atoms in total. The molecule has 2 atom stereocenters. The van der Waals surface area contributed by atoms with E-state index in [1.165, 1.54) is 19.3 Å². The molecule has 2 heterocycles. The normalized spacial score (nSPS) is 23.9. The van der Waals surface area contributed by atoms with Crippen LogP contribution in [0.4, 0.5) is 0 Å². The molecule has 0 amide bonds. The minimum absolute atomic E-state index is 0.454. The van der Waals surface area contributed by atoms with Crippen LogP contribution in [0.5, 0.6) is 0 Å². The van der Waals surface area contributed by atoms with Gasteiger partial charge in [0.25, 0.3) is 0 Å². The van der Waals surface area contributed by atoms with Crippen LogP contribution in [0.25, 0.3) is 11.2 Å². The molecule has 1 N–H and O–H groups in total. The zero-order chi connectivity index (χ0) is 12.7. The number of aromatic amines is 1. The molecule has 0 spiro atoms. The summed E-state index contributed by atoms with van der Waals surface area (Å²) in [6.45, 7) is 0. The number of thioether (sulfide) groups is 1. The number of nitrogens with zero attached hydrogens (tertiary/aromatic N) is 2. The van der Waals surface area contributed by atoms with Crippen LogP contribution in [0, 0.1) is 4.77 Å². The van der Waals surface area contributed by atoms with Crippen molar-refractivity contribution in [2.24, 2.45) is 0 Å². The van der Waals surface area contributed by atoms with Crippen LogP contribution < -0.4 is 0 Å². The fraction of sp³-hybridized carbons (Fsp3) is 0.500. The number of rotatable bonds is 2. The van der Waals surface area contributed by atoms with Crippen LogP contribution in [0.2, 0.25) is 5.02 Å². The summed E-state index contributed by atoms with van der Waals surface area (Å²) in [4.78, 5) is 7.65. The molecule has 2 unspecified atom stereocenters. The molecule has 2 aromatic heterocycles. The molecular weight excluding hydrogens is 286 g/mol. The summed E-state index contributed by atoms with van der Waals surface area (Å²) in [6, 6.07) is 2.34. The second-order valence-corrected chi connectivity index (χ2v) is 6.50. The average Bonchev–Trinajstić information content (AvgIpc) is 2.90. The van der Waals surface area contributed by atoms with Crippen molar-refractivity contribution in [1.29, 1.82) is 0 Å². The molecular formula is C12H14ClN3S2. The van der Waals surface area contributed by atoms with E-state index in [0.29, 0.717) is 16.3 Å². The largest absolute Gasteiger partial charge is 0.329 e. The van der Waals surface area contributed by atoms with E-state index in [1.807, 2.05) is 17.8 Å². The maximum Gasteiger partial charge on any atom is 0.179 e. The van der Waals surface area contributed by atoms with Gasteiger partial charge in [-0.05, 0) is 37.4 Å². The van der Waals surface area contributed by atoms with E-state index in [2.05, 4.69) is 20.8 Å². The quantitative estimate of drug-likeness (QED) is 0.844. The Labute approximate surface area is 120 Å². The Morgan fingerprint density at radius 2 is 2.39 bits per heavy atom. The standard InChI is InChI=1S/C12H14ClN3S2/c1-18-10-4-2-3-9(10)16-11-8(15-12(16)17)5-7(13)6-14-11/h5-6,9-10H,2-4H2,1H3,(H,15,17). The molecule has 18 heavy (non-hydrogen) atoms. The number of pyridine rings is 1. The van der Waals surface area contributed by atoms with Crippen molar-refractivity contribution < 1.29 is 0 Å². The minimum atomic E-state index is 0.454. The van der Waals surface area contributed by atoms with E-state index in [9.17, 15) is 0 Å². The molecule has 0 bridgehead atoms. The smallest absolute Gasteiger partial charge is 0.179 e. The number of hydrogen-bond acceptors (Lipinski definition) is 3. The van der Waals surface area contributed by atoms with Crippen molar-refractivity contribution in [1.82, 2.24) is 14.5 Å². The van der Waals surface area contributed by atoms with E-state index in [0.717, 1.165) is 15.9 Å². The fourth-order valence-corrected chi connectivity index (χ4v) is 4.24. The Morgan fingerprint density at radius 3 is 3.17 bits per heavy atom. The summed E-state index contributed by atoms with van der Waals surface area (Å²) in [6.07, 6.45) is 7.56. The van der Waals surface area contributed by atoms with Gasteiger partial charge in [-0.15, -0.1) is 0 Å². The van der Waals surface area contributed by atoms with Gasteiger partial charge in [0.15, 0.2) is 10.4 Å². The summed E-state index contributed by atoms with van der Waals surface area (Å²) in [7, 11) is 0. The fourth-order valence-electron chi connectivity index (χ4n) is 2.77. The van der Waals surface area contributed by atoms with Crippen molar-refractivity contribution in [3.63, 3.8) is 0 Å². The lowest BCUT2D eigenvalue weighted by atomic mass is 10.2. The third-order valence-corrected chi connectivity index (χ3v) is 5.23. The molecule has 0 saturated heterocycles. The lowest BCUT2D eigenvalue weighted by Crippen LogP contribution is -2.16. The first-order valence-electron chi connectivity index (χ1n) is 5.99. The summed E-state index contributed by atoms with van der Waals surface area (Å²) < 4.78 is 2.93. The first-order valence-corrected chi connectivity index (χ1v) is 8.06. The Kier molecular flexibility index (Phi) is 3.38. The highest BCUT2D eigenvalue weighted by atomic mass is 35.5. The van der Waals surface area contributed by atoms with Gasteiger partial charge in [0.05, 0.1) is 10.5 Å². The second kappa shape index (κ2) is 4.87. The number of imidazole rings is 1. The maximum absolute atomic E-state index is 5.97. The number of aromatic nitrogens is 3. The molecule has 2 aromatic rings. The van der Waals surface area contributed by atoms with E-state index < -0.39 is 0 Å². The van der Waals surface area contributed by atoms with Crippen LogP contribution in [0.1, 0.15) is 25.3 Å². The van der Waals surface area contributed by atoms with Gasteiger partial charge in [-0.2, -0.15) is 11.8 Å². The summed E-state index contributed by atoms with van der Waals surface area (Å²) in [5, 5.41) is 1.27. The van der Waals surface area contributed by atoms with E-state index in [4.69, 9.17) is 23.8 Å². The molecule has 1 aliphatic rings. The topological polar surface area (TPSA) is 33.6 Å².